The monoisotopic (exact) mass is 241 g/mol. The molecule has 1 atom stereocenters. The molecule has 0 heterocycles. The summed E-state index contributed by atoms with van der Waals surface area (Å²) in [5.74, 6) is 0. The van der Waals surface area contributed by atoms with Crippen LogP contribution in [0.4, 0.5) is 0 Å². The van der Waals surface area contributed by atoms with Crippen molar-refractivity contribution in [3.05, 3.63) is 0 Å². The molecule has 1 unspecified atom stereocenters. The number of hydrogen-bond donors (Lipinski definition) is 2. The van der Waals surface area contributed by atoms with Crippen LogP contribution in [-0.4, -0.2) is 23.3 Å². The van der Waals surface area contributed by atoms with Gasteiger partial charge in [-0.2, -0.15) is 0 Å². The van der Waals surface area contributed by atoms with E-state index in [9.17, 15) is 5.11 Å². The molecule has 0 spiro atoms. The van der Waals surface area contributed by atoms with Gasteiger partial charge in [0.25, 0.3) is 0 Å². The minimum Gasteiger partial charge on any atom is -0.389 e. The molecular formula is C15H31NO. The van der Waals surface area contributed by atoms with Crippen molar-refractivity contribution in [3.63, 3.8) is 0 Å². The van der Waals surface area contributed by atoms with Crippen LogP contribution in [0.2, 0.25) is 0 Å². The first-order valence-electron chi connectivity index (χ1n) is 7.66. The van der Waals surface area contributed by atoms with Crippen LogP contribution < -0.4 is 5.32 Å². The number of unbranched alkanes of at least 4 members (excludes halogenated alkanes) is 1. The van der Waals surface area contributed by atoms with Gasteiger partial charge in [-0.3, -0.25) is 0 Å². The molecule has 1 rings (SSSR count). The summed E-state index contributed by atoms with van der Waals surface area (Å²) in [5.41, 5.74) is -0.406. The van der Waals surface area contributed by atoms with E-state index in [-0.39, 0.29) is 0 Å². The minimum atomic E-state index is -0.406. The lowest BCUT2D eigenvalue weighted by molar-refractivity contribution is 0.00214. The van der Waals surface area contributed by atoms with Crippen LogP contribution in [0.3, 0.4) is 0 Å². The molecule has 1 fully saturated rings. The number of rotatable bonds is 8. The van der Waals surface area contributed by atoms with Crippen molar-refractivity contribution in [3.8, 4) is 0 Å². The zero-order valence-corrected chi connectivity index (χ0v) is 11.8. The molecule has 17 heavy (non-hydrogen) atoms. The Balaban J connectivity index is 2.28. The molecule has 1 saturated carbocycles. The summed E-state index contributed by atoms with van der Waals surface area (Å²) < 4.78 is 0. The molecule has 0 radical (unpaired) electrons. The predicted octanol–water partition coefficient (Wildman–Crippen LogP) is 3.63. The van der Waals surface area contributed by atoms with E-state index >= 15 is 0 Å². The molecule has 0 aromatic rings. The summed E-state index contributed by atoms with van der Waals surface area (Å²) >= 11 is 0. The van der Waals surface area contributed by atoms with Gasteiger partial charge < -0.3 is 10.4 Å². The van der Waals surface area contributed by atoms with Gasteiger partial charge >= 0.3 is 0 Å². The van der Waals surface area contributed by atoms with Gasteiger partial charge in [0.1, 0.15) is 0 Å². The number of hydrogen-bond acceptors (Lipinski definition) is 2. The summed E-state index contributed by atoms with van der Waals surface area (Å²) in [5, 5.41) is 14.1. The molecular weight excluding hydrogens is 210 g/mol. The zero-order valence-electron chi connectivity index (χ0n) is 11.8. The van der Waals surface area contributed by atoms with Gasteiger partial charge in [0, 0.05) is 12.6 Å². The van der Waals surface area contributed by atoms with Crippen LogP contribution in [0, 0.1) is 0 Å². The first-order chi connectivity index (χ1) is 8.20. The van der Waals surface area contributed by atoms with E-state index in [0.29, 0.717) is 6.04 Å². The highest BCUT2D eigenvalue weighted by Gasteiger charge is 2.29. The van der Waals surface area contributed by atoms with E-state index in [0.717, 1.165) is 19.4 Å². The van der Waals surface area contributed by atoms with Gasteiger partial charge in [-0.25, -0.2) is 0 Å². The summed E-state index contributed by atoms with van der Waals surface area (Å²) in [6.07, 6.45) is 12.0. The molecule has 0 aromatic carbocycles. The van der Waals surface area contributed by atoms with Crippen molar-refractivity contribution in [1.29, 1.82) is 0 Å². The molecule has 1 aliphatic rings. The smallest absolute Gasteiger partial charge is 0.0771 e. The van der Waals surface area contributed by atoms with Crippen molar-refractivity contribution < 1.29 is 5.11 Å². The van der Waals surface area contributed by atoms with E-state index in [2.05, 4.69) is 19.2 Å². The Hall–Kier alpha value is -0.0800. The Morgan fingerprint density at radius 3 is 2.35 bits per heavy atom. The average molecular weight is 241 g/mol. The quantitative estimate of drug-likeness (QED) is 0.680. The SMILES string of the molecule is CCCCC(CCC)NCC1(O)CCCCC1. The third kappa shape index (κ3) is 5.87. The second-order valence-corrected chi connectivity index (χ2v) is 5.79. The van der Waals surface area contributed by atoms with Crippen molar-refractivity contribution in [2.75, 3.05) is 6.54 Å². The fraction of sp³-hybridized carbons (Fsp3) is 1.00. The van der Waals surface area contributed by atoms with Crippen LogP contribution in [-0.2, 0) is 0 Å². The Morgan fingerprint density at radius 1 is 1.06 bits per heavy atom. The van der Waals surface area contributed by atoms with E-state index in [1.54, 1.807) is 0 Å². The van der Waals surface area contributed by atoms with E-state index in [1.165, 1.54) is 51.4 Å². The Labute approximate surface area is 107 Å². The molecule has 0 saturated heterocycles. The second-order valence-electron chi connectivity index (χ2n) is 5.79. The molecule has 2 nitrogen and oxygen atoms in total. The maximum Gasteiger partial charge on any atom is 0.0771 e. The third-order valence-corrected chi connectivity index (χ3v) is 4.05. The maximum atomic E-state index is 10.5. The largest absolute Gasteiger partial charge is 0.389 e. The summed E-state index contributed by atoms with van der Waals surface area (Å²) in [6, 6.07) is 0.617. The van der Waals surface area contributed by atoms with Gasteiger partial charge in [-0.15, -0.1) is 0 Å². The minimum absolute atomic E-state index is 0.406. The maximum absolute atomic E-state index is 10.5. The van der Waals surface area contributed by atoms with Gasteiger partial charge in [-0.1, -0.05) is 52.4 Å². The highest BCUT2D eigenvalue weighted by atomic mass is 16.3. The second kappa shape index (κ2) is 8.10. The lowest BCUT2D eigenvalue weighted by Gasteiger charge is -2.34. The molecule has 0 aromatic heterocycles. The van der Waals surface area contributed by atoms with Crippen LogP contribution in [0.15, 0.2) is 0 Å². The van der Waals surface area contributed by atoms with Crippen molar-refractivity contribution >= 4 is 0 Å². The highest BCUT2D eigenvalue weighted by molar-refractivity contribution is 4.85. The molecule has 102 valence electrons. The van der Waals surface area contributed by atoms with Crippen molar-refractivity contribution in [2.45, 2.75) is 89.7 Å². The van der Waals surface area contributed by atoms with Crippen LogP contribution in [0.5, 0.6) is 0 Å². The first kappa shape index (κ1) is 15.0. The Morgan fingerprint density at radius 2 is 1.76 bits per heavy atom. The third-order valence-electron chi connectivity index (χ3n) is 4.05. The van der Waals surface area contributed by atoms with Gasteiger partial charge in [0.05, 0.1) is 5.60 Å². The lowest BCUT2D eigenvalue weighted by Crippen LogP contribution is -2.45. The van der Waals surface area contributed by atoms with Crippen molar-refractivity contribution in [2.24, 2.45) is 0 Å². The van der Waals surface area contributed by atoms with E-state index < -0.39 is 5.60 Å². The van der Waals surface area contributed by atoms with Gasteiger partial charge in [0.15, 0.2) is 0 Å². The van der Waals surface area contributed by atoms with Crippen LogP contribution >= 0.6 is 0 Å². The standard InChI is InChI=1S/C15H31NO/c1-3-5-10-14(9-4-2)16-13-15(17)11-7-6-8-12-15/h14,16-17H,3-13H2,1-2H3. The zero-order chi connectivity index (χ0) is 12.6. The highest BCUT2D eigenvalue weighted by Crippen LogP contribution is 2.27. The van der Waals surface area contributed by atoms with Crippen molar-refractivity contribution in [1.82, 2.24) is 5.32 Å². The fourth-order valence-corrected chi connectivity index (χ4v) is 2.87. The van der Waals surface area contributed by atoms with E-state index in [4.69, 9.17) is 0 Å². The number of aliphatic hydroxyl groups is 1. The first-order valence-corrected chi connectivity index (χ1v) is 7.66. The van der Waals surface area contributed by atoms with Crippen LogP contribution in [0.25, 0.3) is 0 Å². The van der Waals surface area contributed by atoms with E-state index in [1.807, 2.05) is 0 Å². The summed E-state index contributed by atoms with van der Waals surface area (Å²) in [6.45, 7) is 5.30. The predicted molar refractivity (Wildman–Crippen MR) is 74.3 cm³/mol. The average Bonchev–Trinajstić information content (AvgIpc) is 2.34. The fourth-order valence-electron chi connectivity index (χ4n) is 2.87. The Kier molecular flexibility index (Phi) is 7.14. The van der Waals surface area contributed by atoms with Gasteiger partial charge in [0.2, 0.25) is 0 Å². The normalized spacial score (nSPS) is 21.4. The topological polar surface area (TPSA) is 32.3 Å². The summed E-state index contributed by atoms with van der Waals surface area (Å²) in [4.78, 5) is 0. The molecule has 0 aliphatic heterocycles. The Bertz CT molecular complexity index is 187. The number of nitrogens with one attached hydrogen (secondary N) is 1. The molecule has 1 aliphatic carbocycles. The molecule has 2 heteroatoms. The molecule has 2 N–H and O–H groups in total. The van der Waals surface area contributed by atoms with Gasteiger partial charge in [-0.05, 0) is 25.7 Å². The van der Waals surface area contributed by atoms with Crippen LogP contribution in [0.1, 0.15) is 78.1 Å². The lowest BCUT2D eigenvalue weighted by atomic mass is 9.84. The summed E-state index contributed by atoms with van der Waals surface area (Å²) in [7, 11) is 0. The molecule has 0 bridgehead atoms. The molecule has 0 amide bonds.